The third kappa shape index (κ3) is 5.22. The lowest BCUT2D eigenvalue weighted by atomic mass is 10.1. The van der Waals surface area contributed by atoms with Gasteiger partial charge in [-0.15, -0.1) is 0 Å². The number of anilines is 1. The largest absolute Gasteiger partial charge is 0.379 e. The number of nitrogens with zero attached hydrogens (tertiary/aromatic N) is 2. The molecule has 1 aliphatic rings. The number of nitrogens with one attached hydrogen (secondary N) is 2. The van der Waals surface area contributed by atoms with Crippen LogP contribution < -0.4 is 10.6 Å². The van der Waals surface area contributed by atoms with Crippen molar-refractivity contribution in [2.75, 3.05) is 31.6 Å². The number of hydrogen-bond acceptors (Lipinski definition) is 4. The van der Waals surface area contributed by atoms with Crippen molar-refractivity contribution < 1.29 is 4.74 Å². The Hall–Kier alpha value is -2.02. The molecule has 1 aliphatic heterocycles. The molecule has 0 atom stereocenters. The molecule has 1 fully saturated rings. The number of benzene rings is 1. The molecule has 0 radical (unpaired) electrons. The predicted molar refractivity (Wildman–Crippen MR) is 105 cm³/mol. The highest BCUT2D eigenvalue weighted by Crippen LogP contribution is 2.13. The minimum Gasteiger partial charge on any atom is -0.379 e. The van der Waals surface area contributed by atoms with Gasteiger partial charge in [0.05, 0.1) is 13.2 Å². The molecule has 0 spiro atoms. The van der Waals surface area contributed by atoms with Crippen molar-refractivity contribution in [2.45, 2.75) is 20.0 Å². The molecule has 1 saturated heterocycles. The number of hydrogen-bond donors (Lipinski definition) is 2. The number of thiocarbonyl (C=S) groups is 1. The molecule has 5 nitrogen and oxygen atoms in total. The Balaban J connectivity index is 1.57. The first-order valence-corrected chi connectivity index (χ1v) is 8.96. The molecule has 0 saturated carbocycles. The van der Waals surface area contributed by atoms with Crippen LogP contribution in [0.2, 0.25) is 0 Å². The number of morpholine rings is 1. The Morgan fingerprint density at radius 2 is 1.92 bits per heavy atom. The van der Waals surface area contributed by atoms with Crippen molar-refractivity contribution in [3.05, 3.63) is 59.3 Å². The van der Waals surface area contributed by atoms with E-state index in [1.807, 2.05) is 19.1 Å². The van der Waals surface area contributed by atoms with E-state index in [9.17, 15) is 0 Å². The van der Waals surface area contributed by atoms with Crippen LogP contribution in [0.15, 0.2) is 42.6 Å². The number of aryl methyl sites for hydroxylation is 1. The maximum Gasteiger partial charge on any atom is 0.172 e. The molecule has 6 heteroatoms. The Labute approximate surface area is 154 Å². The van der Waals surface area contributed by atoms with E-state index >= 15 is 0 Å². The smallest absolute Gasteiger partial charge is 0.172 e. The molecule has 0 unspecified atom stereocenters. The van der Waals surface area contributed by atoms with Gasteiger partial charge in [-0.3, -0.25) is 4.90 Å². The fourth-order valence-corrected chi connectivity index (χ4v) is 3.00. The van der Waals surface area contributed by atoms with Crippen LogP contribution in [0.4, 0.5) is 5.82 Å². The summed E-state index contributed by atoms with van der Waals surface area (Å²) in [7, 11) is 0. The number of ether oxygens (including phenoxy) is 1. The second-order valence-corrected chi connectivity index (χ2v) is 6.54. The predicted octanol–water partition coefficient (Wildman–Crippen LogP) is 2.71. The zero-order chi connectivity index (χ0) is 17.5. The van der Waals surface area contributed by atoms with Gasteiger partial charge in [0.1, 0.15) is 5.82 Å². The van der Waals surface area contributed by atoms with E-state index in [4.69, 9.17) is 17.0 Å². The van der Waals surface area contributed by atoms with E-state index in [2.05, 4.69) is 44.8 Å². The van der Waals surface area contributed by atoms with Crippen LogP contribution in [-0.4, -0.2) is 41.3 Å². The molecule has 3 rings (SSSR count). The van der Waals surface area contributed by atoms with Gasteiger partial charge in [0.15, 0.2) is 5.11 Å². The van der Waals surface area contributed by atoms with Gasteiger partial charge in [-0.05, 0) is 41.9 Å². The van der Waals surface area contributed by atoms with Gasteiger partial charge in [0, 0.05) is 32.4 Å². The number of pyridine rings is 1. The van der Waals surface area contributed by atoms with E-state index in [1.54, 1.807) is 6.20 Å². The molecule has 2 aromatic rings. The fraction of sp³-hybridized carbons (Fsp3) is 0.368. The Kier molecular flexibility index (Phi) is 6.33. The maximum absolute atomic E-state index is 5.43. The zero-order valence-corrected chi connectivity index (χ0v) is 15.3. The van der Waals surface area contributed by atoms with Gasteiger partial charge in [-0.25, -0.2) is 4.98 Å². The highest BCUT2D eigenvalue weighted by atomic mass is 32.1. The van der Waals surface area contributed by atoms with Gasteiger partial charge in [-0.1, -0.05) is 30.3 Å². The van der Waals surface area contributed by atoms with Crippen LogP contribution in [-0.2, 0) is 17.8 Å². The fourth-order valence-electron chi connectivity index (χ4n) is 2.83. The first-order valence-electron chi connectivity index (χ1n) is 8.56. The zero-order valence-electron chi connectivity index (χ0n) is 14.5. The summed E-state index contributed by atoms with van der Waals surface area (Å²) in [6, 6.07) is 12.4. The van der Waals surface area contributed by atoms with E-state index < -0.39 is 0 Å². The second-order valence-electron chi connectivity index (χ2n) is 6.13. The lowest BCUT2D eigenvalue weighted by Crippen LogP contribution is -2.36. The molecule has 132 valence electrons. The highest BCUT2D eigenvalue weighted by Gasteiger charge is 2.12. The van der Waals surface area contributed by atoms with Gasteiger partial charge in [0.2, 0.25) is 0 Å². The molecule has 1 aromatic carbocycles. The molecular weight excluding hydrogens is 332 g/mol. The van der Waals surface area contributed by atoms with E-state index in [0.717, 1.165) is 44.2 Å². The van der Waals surface area contributed by atoms with Crippen LogP contribution in [0, 0.1) is 6.92 Å². The van der Waals surface area contributed by atoms with Crippen LogP contribution in [0.1, 0.15) is 16.7 Å². The quantitative estimate of drug-likeness (QED) is 0.804. The topological polar surface area (TPSA) is 49.4 Å². The molecule has 0 bridgehead atoms. The van der Waals surface area contributed by atoms with Crippen LogP contribution >= 0.6 is 12.2 Å². The molecule has 0 aliphatic carbocycles. The standard InChI is InChI=1S/C19H24N4OS/c1-15-5-4-8-20-18(15)22-19(25)21-13-16-6-2-3-7-17(16)14-23-9-11-24-12-10-23/h2-8H,9-14H2,1H3,(H2,20,21,22,25). The van der Waals surface area contributed by atoms with Crippen LogP contribution in [0.5, 0.6) is 0 Å². The SMILES string of the molecule is Cc1cccnc1NC(=S)NCc1ccccc1CN1CCOCC1. The highest BCUT2D eigenvalue weighted by molar-refractivity contribution is 7.80. The molecule has 2 heterocycles. The van der Waals surface area contributed by atoms with Gasteiger partial charge < -0.3 is 15.4 Å². The summed E-state index contributed by atoms with van der Waals surface area (Å²) in [5.41, 5.74) is 3.66. The molecular formula is C19H24N4OS. The maximum atomic E-state index is 5.43. The van der Waals surface area contributed by atoms with Crippen LogP contribution in [0.25, 0.3) is 0 Å². The Bertz CT molecular complexity index is 716. The average Bonchev–Trinajstić information content (AvgIpc) is 2.64. The number of aromatic nitrogens is 1. The van der Waals surface area contributed by atoms with Gasteiger partial charge in [0.25, 0.3) is 0 Å². The molecule has 2 N–H and O–H groups in total. The van der Waals surface area contributed by atoms with E-state index in [-0.39, 0.29) is 0 Å². The van der Waals surface area contributed by atoms with E-state index in [0.29, 0.717) is 11.7 Å². The van der Waals surface area contributed by atoms with Crippen LogP contribution in [0.3, 0.4) is 0 Å². The van der Waals surface area contributed by atoms with Gasteiger partial charge in [-0.2, -0.15) is 0 Å². The van der Waals surface area contributed by atoms with Crippen molar-refractivity contribution in [3.8, 4) is 0 Å². The van der Waals surface area contributed by atoms with Gasteiger partial charge >= 0.3 is 0 Å². The monoisotopic (exact) mass is 356 g/mol. The second kappa shape index (κ2) is 8.89. The third-order valence-electron chi connectivity index (χ3n) is 4.30. The minimum atomic E-state index is 0.586. The third-order valence-corrected chi connectivity index (χ3v) is 4.54. The first kappa shape index (κ1) is 17.8. The summed E-state index contributed by atoms with van der Waals surface area (Å²) in [5, 5.41) is 7.04. The van der Waals surface area contributed by atoms with Crippen molar-refractivity contribution in [2.24, 2.45) is 0 Å². The normalized spacial score (nSPS) is 14.9. The molecule has 1 aromatic heterocycles. The summed E-state index contributed by atoms with van der Waals surface area (Å²) in [6.07, 6.45) is 1.76. The lowest BCUT2D eigenvalue weighted by molar-refractivity contribution is 0.0341. The molecule has 0 amide bonds. The van der Waals surface area contributed by atoms with Crippen molar-refractivity contribution >= 4 is 23.1 Å². The summed E-state index contributed by atoms with van der Waals surface area (Å²) in [5.74, 6) is 0.793. The summed E-state index contributed by atoms with van der Waals surface area (Å²) in [4.78, 5) is 6.74. The Morgan fingerprint density at radius 1 is 1.16 bits per heavy atom. The minimum absolute atomic E-state index is 0.586. The van der Waals surface area contributed by atoms with E-state index in [1.165, 1.54) is 11.1 Å². The first-order chi connectivity index (χ1) is 12.2. The summed E-state index contributed by atoms with van der Waals surface area (Å²) >= 11 is 5.41. The summed E-state index contributed by atoms with van der Waals surface area (Å²) in [6.45, 7) is 7.26. The Morgan fingerprint density at radius 3 is 2.68 bits per heavy atom. The van der Waals surface area contributed by atoms with Crippen molar-refractivity contribution in [1.29, 1.82) is 0 Å². The lowest BCUT2D eigenvalue weighted by Gasteiger charge is -2.27. The average molecular weight is 356 g/mol. The summed E-state index contributed by atoms with van der Waals surface area (Å²) < 4.78 is 5.43. The van der Waals surface area contributed by atoms with Crippen molar-refractivity contribution in [1.82, 2.24) is 15.2 Å². The van der Waals surface area contributed by atoms with Crippen molar-refractivity contribution in [3.63, 3.8) is 0 Å². The molecule has 25 heavy (non-hydrogen) atoms. The number of rotatable bonds is 5.